The number of carbonyl (C=O) groups is 3. The standard InChI is InChI=1S/C16H21ClN2O4/c1-5-10(2)19(11(3)20)9-15(21)18-14-8-12(16(22)23-4)6-7-13(14)17/h6-8,10H,5,9H2,1-4H3,(H,18,21). The molecular weight excluding hydrogens is 320 g/mol. The summed E-state index contributed by atoms with van der Waals surface area (Å²) in [5, 5.41) is 2.92. The van der Waals surface area contributed by atoms with Crippen LogP contribution in [0.1, 0.15) is 37.6 Å². The van der Waals surface area contributed by atoms with Crippen molar-refractivity contribution in [3.05, 3.63) is 28.8 Å². The van der Waals surface area contributed by atoms with Crippen molar-refractivity contribution in [1.82, 2.24) is 4.90 Å². The lowest BCUT2D eigenvalue weighted by Gasteiger charge is -2.26. The number of ether oxygens (including phenoxy) is 1. The molecule has 2 amide bonds. The molecule has 0 bridgehead atoms. The Kier molecular flexibility index (Phi) is 7.03. The summed E-state index contributed by atoms with van der Waals surface area (Å²) in [4.78, 5) is 36.8. The maximum atomic E-state index is 12.2. The smallest absolute Gasteiger partial charge is 0.337 e. The van der Waals surface area contributed by atoms with Crippen molar-refractivity contribution >= 4 is 35.1 Å². The number of hydrogen-bond acceptors (Lipinski definition) is 4. The Labute approximate surface area is 140 Å². The number of nitrogens with one attached hydrogen (secondary N) is 1. The molecule has 1 N–H and O–H groups in total. The Morgan fingerprint density at radius 3 is 2.52 bits per heavy atom. The van der Waals surface area contributed by atoms with Crippen LogP contribution in [-0.2, 0) is 14.3 Å². The molecule has 23 heavy (non-hydrogen) atoms. The average molecular weight is 341 g/mol. The van der Waals surface area contributed by atoms with Crippen LogP contribution in [0.25, 0.3) is 0 Å². The number of benzene rings is 1. The number of amides is 2. The van der Waals surface area contributed by atoms with Crippen LogP contribution in [0.2, 0.25) is 5.02 Å². The fourth-order valence-corrected chi connectivity index (χ4v) is 2.17. The normalized spacial score (nSPS) is 11.5. The average Bonchev–Trinajstić information content (AvgIpc) is 2.52. The first-order chi connectivity index (χ1) is 10.8. The molecule has 0 heterocycles. The number of hydrogen-bond donors (Lipinski definition) is 1. The predicted molar refractivity (Wildman–Crippen MR) is 88.6 cm³/mol. The van der Waals surface area contributed by atoms with Gasteiger partial charge in [0.15, 0.2) is 0 Å². The first kappa shape index (κ1) is 19.0. The highest BCUT2D eigenvalue weighted by Crippen LogP contribution is 2.23. The highest BCUT2D eigenvalue weighted by atomic mass is 35.5. The summed E-state index contributed by atoms with van der Waals surface area (Å²) in [6.07, 6.45) is 0.742. The van der Waals surface area contributed by atoms with Gasteiger partial charge in [0.2, 0.25) is 11.8 Å². The Morgan fingerprint density at radius 1 is 1.35 bits per heavy atom. The summed E-state index contributed by atoms with van der Waals surface area (Å²) in [6, 6.07) is 4.40. The molecule has 0 radical (unpaired) electrons. The van der Waals surface area contributed by atoms with E-state index in [9.17, 15) is 14.4 Å². The van der Waals surface area contributed by atoms with Gasteiger partial charge in [0.1, 0.15) is 6.54 Å². The lowest BCUT2D eigenvalue weighted by Crippen LogP contribution is -2.42. The SMILES string of the molecule is CCC(C)N(CC(=O)Nc1cc(C(=O)OC)ccc1Cl)C(C)=O. The van der Waals surface area contributed by atoms with E-state index in [1.54, 1.807) is 0 Å². The van der Waals surface area contributed by atoms with Crippen LogP contribution in [0.15, 0.2) is 18.2 Å². The molecule has 7 heteroatoms. The number of anilines is 1. The summed E-state index contributed by atoms with van der Waals surface area (Å²) < 4.78 is 4.63. The lowest BCUT2D eigenvalue weighted by molar-refractivity contribution is -0.134. The fraction of sp³-hybridized carbons (Fsp3) is 0.438. The number of methoxy groups -OCH3 is 1. The monoisotopic (exact) mass is 340 g/mol. The zero-order chi connectivity index (χ0) is 17.6. The maximum absolute atomic E-state index is 12.2. The van der Waals surface area contributed by atoms with E-state index in [1.165, 1.54) is 37.1 Å². The van der Waals surface area contributed by atoms with Gasteiger partial charge in [-0.3, -0.25) is 9.59 Å². The maximum Gasteiger partial charge on any atom is 0.337 e. The van der Waals surface area contributed by atoms with Gasteiger partial charge in [-0.2, -0.15) is 0 Å². The van der Waals surface area contributed by atoms with Crippen LogP contribution in [0, 0.1) is 0 Å². The zero-order valence-electron chi connectivity index (χ0n) is 13.7. The van der Waals surface area contributed by atoms with Crippen LogP contribution >= 0.6 is 11.6 Å². The minimum atomic E-state index is -0.526. The summed E-state index contributed by atoms with van der Waals surface area (Å²) in [6.45, 7) is 5.15. The molecule has 1 aromatic rings. The van der Waals surface area contributed by atoms with Crippen LogP contribution in [-0.4, -0.2) is 42.4 Å². The van der Waals surface area contributed by atoms with Gasteiger partial charge < -0.3 is 15.0 Å². The molecule has 126 valence electrons. The Balaban J connectivity index is 2.88. The molecule has 0 saturated carbocycles. The van der Waals surface area contributed by atoms with Crippen molar-refractivity contribution in [2.24, 2.45) is 0 Å². The van der Waals surface area contributed by atoms with Crippen LogP contribution < -0.4 is 5.32 Å². The van der Waals surface area contributed by atoms with Gasteiger partial charge in [0.05, 0.1) is 23.4 Å². The van der Waals surface area contributed by atoms with Gasteiger partial charge in [-0.1, -0.05) is 18.5 Å². The molecule has 0 spiro atoms. The molecule has 0 aliphatic carbocycles. The van der Waals surface area contributed by atoms with Gasteiger partial charge >= 0.3 is 5.97 Å². The van der Waals surface area contributed by atoms with Crippen molar-refractivity contribution in [3.8, 4) is 0 Å². The Bertz CT molecular complexity index is 604. The Hall–Kier alpha value is -2.08. The first-order valence-corrected chi connectivity index (χ1v) is 7.62. The van der Waals surface area contributed by atoms with Crippen LogP contribution in [0.3, 0.4) is 0 Å². The fourth-order valence-electron chi connectivity index (χ4n) is 2.01. The van der Waals surface area contributed by atoms with Crippen molar-refractivity contribution < 1.29 is 19.1 Å². The molecule has 1 unspecified atom stereocenters. The quantitative estimate of drug-likeness (QED) is 0.808. The number of rotatable bonds is 6. The number of halogens is 1. The third-order valence-corrected chi connectivity index (χ3v) is 3.83. The van der Waals surface area contributed by atoms with E-state index in [2.05, 4.69) is 10.1 Å². The van der Waals surface area contributed by atoms with E-state index in [0.29, 0.717) is 10.7 Å². The van der Waals surface area contributed by atoms with Gasteiger partial charge in [0, 0.05) is 13.0 Å². The zero-order valence-corrected chi connectivity index (χ0v) is 14.4. The second-order valence-corrected chi connectivity index (χ2v) is 5.55. The van der Waals surface area contributed by atoms with E-state index in [-0.39, 0.29) is 30.0 Å². The van der Waals surface area contributed by atoms with Crippen LogP contribution in [0.5, 0.6) is 0 Å². The molecule has 1 aromatic carbocycles. The predicted octanol–water partition coefficient (Wildman–Crippen LogP) is 2.71. The van der Waals surface area contributed by atoms with Gasteiger partial charge in [-0.05, 0) is 31.5 Å². The van der Waals surface area contributed by atoms with Crippen molar-refractivity contribution in [2.45, 2.75) is 33.2 Å². The first-order valence-electron chi connectivity index (χ1n) is 7.25. The third-order valence-electron chi connectivity index (χ3n) is 3.50. The van der Waals surface area contributed by atoms with Crippen molar-refractivity contribution in [2.75, 3.05) is 19.0 Å². The van der Waals surface area contributed by atoms with E-state index in [4.69, 9.17) is 11.6 Å². The molecular formula is C16H21ClN2O4. The third kappa shape index (κ3) is 5.25. The minimum Gasteiger partial charge on any atom is -0.465 e. The second-order valence-electron chi connectivity index (χ2n) is 5.14. The van der Waals surface area contributed by atoms with E-state index < -0.39 is 5.97 Å². The van der Waals surface area contributed by atoms with Gasteiger partial charge in [-0.25, -0.2) is 4.79 Å². The molecule has 0 saturated heterocycles. The van der Waals surface area contributed by atoms with Crippen molar-refractivity contribution in [3.63, 3.8) is 0 Å². The molecule has 0 aliphatic rings. The van der Waals surface area contributed by atoms with E-state index in [1.807, 2.05) is 13.8 Å². The van der Waals surface area contributed by atoms with Gasteiger partial charge in [-0.15, -0.1) is 0 Å². The molecule has 0 fully saturated rings. The molecule has 1 rings (SSSR count). The topological polar surface area (TPSA) is 75.7 Å². The van der Waals surface area contributed by atoms with Crippen LogP contribution in [0.4, 0.5) is 5.69 Å². The molecule has 0 aromatic heterocycles. The van der Waals surface area contributed by atoms with E-state index in [0.717, 1.165) is 6.42 Å². The summed E-state index contributed by atoms with van der Waals surface area (Å²) >= 11 is 6.03. The minimum absolute atomic E-state index is 0.0462. The molecule has 1 atom stereocenters. The van der Waals surface area contributed by atoms with Gasteiger partial charge in [0.25, 0.3) is 0 Å². The largest absolute Gasteiger partial charge is 0.465 e. The Morgan fingerprint density at radius 2 is 2.00 bits per heavy atom. The highest BCUT2D eigenvalue weighted by Gasteiger charge is 2.19. The number of carbonyl (C=O) groups excluding carboxylic acids is 3. The summed E-state index contributed by atoms with van der Waals surface area (Å²) in [5.74, 6) is -1.09. The van der Waals surface area contributed by atoms with Crippen molar-refractivity contribution in [1.29, 1.82) is 0 Å². The highest BCUT2D eigenvalue weighted by molar-refractivity contribution is 6.33. The molecule has 6 nitrogen and oxygen atoms in total. The second kappa shape index (κ2) is 8.53. The summed E-state index contributed by atoms with van der Waals surface area (Å²) in [5.41, 5.74) is 0.574. The van der Waals surface area contributed by atoms with E-state index >= 15 is 0 Å². The number of esters is 1. The summed E-state index contributed by atoms with van der Waals surface area (Å²) in [7, 11) is 1.27. The molecule has 0 aliphatic heterocycles. The number of nitrogens with zero attached hydrogens (tertiary/aromatic N) is 1. The lowest BCUT2D eigenvalue weighted by atomic mass is 10.2.